The zero-order valence-electron chi connectivity index (χ0n) is 23.4. The van der Waals surface area contributed by atoms with Gasteiger partial charge in [-0.2, -0.15) is 0 Å². The molecule has 192 valence electrons. The molecule has 0 saturated carbocycles. The van der Waals surface area contributed by atoms with E-state index in [9.17, 15) is 10.2 Å². The number of benzene rings is 7. The fraction of sp³-hybridized carbons (Fsp3) is 0. The van der Waals surface area contributed by atoms with E-state index in [-0.39, 0.29) is 11.5 Å². The second-order valence-electron chi connectivity index (χ2n) is 10.9. The fourth-order valence-electron chi connectivity index (χ4n) is 6.45. The van der Waals surface area contributed by atoms with Crippen molar-refractivity contribution in [3.8, 4) is 44.9 Å². The minimum absolute atomic E-state index is 0.0534. The van der Waals surface area contributed by atoms with E-state index in [0.29, 0.717) is 11.0 Å². The summed E-state index contributed by atoms with van der Waals surface area (Å²) in [6, 6.07) is 40.6. The summed E-state index contributed by atoms with van der Waals surface area (Å²) in [5.41, 5.74) is 8.97. The molecule has 0 unspecified atom stereocenters. The van der Waals surface area contributed by atoms with Gasteiger partial charge in [0, 0.05) is 11.1 Å². The summed E-state index contributed by atoms with van der Waals surface area (Å²) >= 11 is 0. The predicted octanol–water partition coefficient (Wildman–Crippen LogP) is 4.33. The SMILES string of the molecule is Bc1c(B)c(O)c(O)c(-c2c3ccccc3c(-c3cc(-c4ccccc4)c4ccccc4c3)c3ccccc23)c1B. The van der Waals surface area contributed by atoms with E-state index in [1.807, 2.05) is 35.7 Å². The predicted molar refractivity (Wildman–Crippen MR) is 183 cm³/mol. The molecule has 0 aliphatic carbocycles. The quantitative estimate of drug-likeness (QED) is 0.206. The monoisotopic (exact) mass is 524 g/mol. The third-order valence-corrected chi connectivity index (χ3v) is 8.73. The van der Waals surface area contributed by atoms with Crippen LogP contribution in [0.4, 0.5) is 0 Å². The van der Waals surface area contributed by atoms with Crippen LogP contribution in [0.5, 0.6) is 11.5 Å². The van der Waals surface area contributed by atoms with Gasteiger partial charge in [-0.25, -0.2) is 0 Å². The highest BCUT2D eigenvalue weighted by atomic mass is 16.3. The van der Waals surface area contributed by atoms with Crippen LogP contribution in [-0.4, -0.2) is 33.8 Å². The van der Waals surface area contributed by atoms with Crippen LogP contribution in [0.25, 0.3) is 65.7 Å². The van der Waals surface area contributed by atoms with Gasteiger partial charge in [-0.1, -0.05) is 120 Å². The van der Waals surface area contributed by atoms with Gasteiger partial charge in [0.25, 0.3) is 0 Å². The highest BCUT2D eigenvalue weighted by Gasteiger charge is 2.23. The summed E-state index contributed by atoms with van der Waals surface area (Å²) in [5.74, 6) is -0.118. The molecule has 0 saturated heterocycles. The van der Waals surface area contributed by atoms with Crippen LogP contribution in [0.15, 0.2) is 115 Å². The van der Waals surface area contributed by atoms with Gasteiger partial charge in [0.1, 0.15) is 23.5 Å². The molecule has 41 heavy (non-hydrogen) atoms. The lowest BCUT2D eigenvalue weighted by Gasteiger charge is -2.22. The lowest BCUT2D eigenvalue weighted by atomic mass is 9.68. The number of fused-ring (bicyclic) bond motifs is 3. The summed E-state index contributed by atoms with van der Waals surface area (Å²) in [5, 5.41) is 29.0. The molecule has 0 aliphatic rings. The van der Waals surface area contributed by atoms with Crippen molar-refractivity contribution in [3.05, 3.63) is 115 Å². The number of rotatable bonds is 3. The molecule has 7 aromatic rings. The van der Waals surface area contributed by atoms with Crippen molar-refractivity contribution in [1.82, 2.24) is 0 Å². The van der Waals surface area contributed by atoms with Gasteiger partial charge >= 0.3 is 0 Å². The molecule has 0 heterocycles. The highest BCUT2D eigenvalue weighted by Crippen LogP contribution is 2.47. The topological polar surface area (TPSA) is 40.5 Å². The van der Waals surface area contributed by atoms with Crippen molar-refractivity contribution >= 4 is 72.2 Å². The van der Waals surface area contributed by atoms with Crippen LogP contribution >= 0.6 is 0 Å². The molecule has 7 aromatic carbocycles. The normalized spacial score (nSPS) is 11.4. The van der Waals surface area contributed by atoms with E-state index >= 15 is 0 Å². The Hall–Kier alpha value is -4.89. The maximum Gasteiger partial charge on any atom is 0.164 e. The summed E-state index contributed by atoms with van der Waals surface area (Å²) in [4.78, 5) is 0. The average Bonchev–Trinajstić information content (AvgIpc) is 3.02. The van der Waals surface area contributed by atoms with Crippen molar-refractivity contribution in [3.63, 3.8) is 0 Å². The van der Waals surface area contributed by atoms with Gasteiger partial charge in [-0.15, -0.1) is 0 Å². The Labute approximate surface area is 242 Å². The van der Waals surface area contributed by atoms with Crippen LogP contribution < -0.4 is 16.4 Å². The van der Waals surface area contributed by atoms with E-state index < -0.39 is 0 Å². The molecule has 0 bridgehead atoms. The molecule has 5 heteroatoms. The van der Waals surface area contributed by atoms with Crippen molar-refractivity contribution < 1.29 is 10.2 Å². The molecular weight excluding hydrogens is 497 g/mol. The molecule has 7 rings (SSSR count). The molecule has 0 aliphatic heterocycles. The van der Waals surface area contributed by atoms with Crippen molar-refractivity contribution in [2.45, 2.75) is 0 Å². The Kier molecular flexibility index (Phi) is 5.90. The third kappa shape index (κ3) is 3.84. The molecule has 0 aromatic heterocycles. The average molecular weight is 524 g/mol. The van der Waals surface area contributed by atoms with Gasteiger partial charge < -0.3 is 10.2 Å². The minimum Gasteiger partial charge on any atom is -0.505 e. The third-order valence-electron chi connectivity index (χ3n) is 8.73. The first-order valence-electron chi connectivity index (χ1n) is 14.0. The van der Waals surface area contributed by atoms with Gasteiger partial charge in [0.15, 0.2) is 11.5 Å². The maximum atomic E-state index is 11.4. The van der Waals surface area contributed by atoms with Crippen molar-refractivity contribution in [2.24, 2.45) is 0 Å². The highest BCUT2D eigenvalue weighted by molar-refractivity contribution is 6.60. The fourth-order valence-corrected chi connectivity index (χ4v) is 6.45. The molecule has 0 atom stereocenters. The smallest absolute Gasteiger partial charge is 0.164 e. The Balaban J connectivity index is 1.65. The molecular formula is C36H27B3O2. The first-order valence-corrected chi connectivity index (χ1v) is 14.0. The van der Waals surface area contributed by atoms with Crippen LogP contribution in [0.3, 0.4) is 0 Å². The molecule has 0 amide bonds. The van der Waals surface area contributed by atoms with E-state index in [4.69, 9.17) is 0 Å². The Bertz CT molecular complexity index is 2070. The first-order chi connectivity index (χ1) is 20.0. The van der Waals surface area contributed by atoms with E-state index in [1.54, 1.807) is 0 Å². The molecule has 2 nitrogen and oxygen atoms in total. The standard InChI is InChI=1S/C36H27B3O2/c37-32-31(35(40)36(41)34(39)33(32)38)30-26-16-8-6-14-24(26)29(25-15-7-9-17-27(25)30)22-18-21-12-4-5-13-23(21)28(19-22)20-10-2-1-3-11-20/h1-19,40-41H,37-39H2. The van der Waals surface area contributed by atoms with Gasteiger partial charge in [-0.05, 0) is 66.7 Å². The zero-order chi connectivity index (χ0) is 28.2. The van der Waals surface area contributed by atoms with Crippen molar-refractivity contribution in [1.29, 1.82) is 0 Å². The zero-order valence-corrected chi connectivity index (χ0v) is 23.4. The lowest BCUT2D eigenvalue weighted by Crippen LogP contribution is -2.40. The van der Waals surface area contributed by atoms with Gasteiger partial charge in [-0.3, -0.25) is 0 Å². The van der Waals surface area contributed by atoms with Gasteiger partial charge in [0.05, 0.1) is 0 Å². The number of aromatic hydroxyl groups is 2. The first kappa shape index (κ1) is 25.1. The number of hydrogen-bond donors (Lipinski definition) is 2. The summed E-state index contributed by atoms with van der Waals surface area (Å²) < 4.78 is 0. The van der Waals surface area contributed by atoms with Gasteiger partial charge in [0.2, 0.25) is 0 Å². The van der Waals surface area contributed by atoms with E-state index in [2.05, 4.69) is 103 Å². The molecule has 2 N–H and O–H groups in total. The number of phenols is 2. The van der Waals surface area contributed by atoms with Crippen LogP contribution in [-0.2, 0) is 0 Å². The Morgan fingerprint density at radius 3 is 1.51 bits per heavy atom. The molecule has 0 radical (unpaired) electrons. The summed E-state index contributed by atoms with van der Waals surface area (Å²) in [7, 11) is 5.89. The second-order valence-corrected chi connectivity index (χ2v) is 10.9. The summed E-state index contributed by atoms with van der Waals surface area (Å²) in [6.45, 7) is 0. The second kappa shape index (κ2) is 9.64. The minimum atomic E-state index is -0.0641. The largest absolute Gasteiger partial charge is 0.505 e. The Morgan fingerprint density at radius 2 is 0.902 bits per heavy atom. The Morgan fingerprint density at radius 1 is 0.390 bits per heavy atom. The van der Waals surface area contributed by atoms with Crippen LogP contribution in [0.1, 0.15) is 0 Å². The molecule has 0 fully saturated rings. The number of hydrogen-bond acceptors (Lipinski definition) is 2. The van der Waals surface area contributed by atoms with Crippen molar-refractivity contribution in [2.75, 3.05) is 0 Å². The summed E-state index contributed by atoms with van der Waals surface area (Å²) in [6.07, 6.45) is 0. The number of phenolic OH excluding ortho intramolecular Hbond substituents is 2. The van der Waals surface area contributed by atoms with E-state index in [1.165, 1.54) is 21.9 Å². The molecule has 0 spiro atoms. The lowest BCUT2D eigenvalue weighted by molar-refractivity contribution is 0.409. The van der Waals surface area contributed by atoms with E-state index in [0.717, 1.165) is 49.2 Å². The van der Waals surface area contributed by atoms with Crippen LogP contribution in [0.2, 0.25) is 0 Å². The van der Waals surface area contributed by atoms with Crippen LogP contribution in [0, 0.1) is 0 Å². The maximum absolute atomic E-state index is 11.4.